The molecule has 0 spiro atoms. The van der Waals surface area contributed by atoms with Crippen molar-refractivity contribution >= 4 is 34.9 Å². The molecule has 0 radical (unpaired) electrons. The summed E-state index contributed by atoms with van der Waals surface area (Å²) in [6.07, 6.45) is 7.99. The Hall–Kier alpha value is -2.57. The molecule has 3 aromatic rings. The highest BCUT2D eigenvalue weighted by molar-refractivity contribution is 6.42. The Kier molecular flexibility index (Phi) is 6.02. The molecule has 0 saturated carbocycles. The third-order valence-electron chi connectivity index (χ3n) is 5.00. The Balaban J connectivity index is 1.41. The van der Waals surface area contributed by atoms with Crippen molar-refractivity contribution in [1.82, 2.24) is 20.1 Å². The average molecular weight is 430 g/mol. The van der Waals surface area contributed by atoms with Gasteiger partial charge in [-0.05, 0) is 56.0 Å². The Labute approximate surface area is 179 Å². The molecule has 8 heteroatoms. The Morgan fingerprint density at radius 3 is 2.66 bits per heavy atom. The highest BCUT2D eigenvalue weighted by atomic mass is 35.5. The van der Waals surface area contributed by atoms with Crippen LogP contribution in [0.4, 0.5) is 10.5 Å². The summed E-state index contributed by atoms with van der Waals surface area (Å²) in [4.78, 5) is 16.3. The number of carbonyl (C=O) groups is 1. The van der Waals surface area contributed by atoms with Crippen LogP contribution in [-0.2, 0) is 19.4 Å². The largest absolute Gasteiger partial charge is 0.336 e. The number of amides is 2. The number of anilines is 1. The number of nitrogens with one attached hydrogen (secondary N) is 2. The summed E-state index contributed by atoms with van der Waals surface area (Å²) < 4.78 is 2.03. The maximum atomic E-state index is 12.2. The standard InChI is InChI=1S/C21H21Cl2N5O/c22-17-6-5-15(13-18(17)23)26-21(29)25-11-12-28-19-4-2-1-3-16(19)20(27-28)14-7-9-24-10-8-14/h5-10,13H,1-4,11-12H2,(H2,25,26,29). The van der Waals surface area contributed by atoms with Crippen LogP contribution in [0.1, 0.15) is 24.1 Å². The first-order valence-electron chi connectivity index (χ1n) is 9.60. The normalized spacial score (nSPS) is 13.0. The lowest BCUT2D eigenvalue weighted by atomic mass is 9.94. The van der Waals surface area contributed by atoms with Gasteiger partial charge in [-0.25, -0.2) is 4.79 Å². The summed E-state index contributed by atoms with van der Waals surface area (Å²) in [5.41, 5.74) is 5.30. The van der Waals surface area contributed by atoms with E-state index in [0.717, 1.165) is 24.1 Å². The van der Waals surface area contributed by atoms with Gasteiger partial charge < -0.3 is 10.6 Å². The zero-order valence-electron chi connectivity index (χ0n) is 15.8. The molecular weight excluding hydrogens is 409 g/mol. The molecule has 0 atom stereocenters. The number of urea groups is 1. The van der Waals surface area contributed by atoms with E-state index in [1.54, 1.807) is 30.6 Å². The van der Waals surface area contributed by atoms with Crippen LogP contribution >= 0.6 is 23.2 Å². The van der Waals surface area contributed by atoms with Crippen LogP contribution in [0.15, 0.2) is 42.7 Å². The first-order chi connectivity index (χ1) is 14.1. The molecule has 0 bridgehead atoms. The van der Waals surface area contributed by atoms with E-state index in [4.69, 9.17) is 28.3 Å². The van der Waals surface area contributed by atoms with Crippen molar-refractivity contribution in [3.8, 4) is 11.3 Å². The van der Waals surface area contributed by atoms with Crippen molar-refractivity contribution in [2.24, 2.45) is 0 Å². The predicted octanol–water partition coefficient (Wildman–Crippen LogP) is 4.95. The second-order valence-corrected chi connectivity index (χ2v) is 7.76. The Bertz CT molecular complexity index is 1020. The van der Waals surface area contributed by atoms with Gasteiger partial charge in [0.05, 0.1) is 22.3 Å². The number of hydrogen-bond acceptors (Lipinski definition) is 3. The summed E-state index contributed by atoms with van der Waals surface area (Å²) in [5.74, 6) is 0. The van der Waals surface area contributed by atoms with Crippen LogP contribution in [0.25, 0.3) is 11.3 Å². The number of carbonyl (C=O) groups excluding carboxylic acids is 1. The summed E-state index contributed by atoms with van der Waals surface area (Å²) in [6, 6.07) is 8.66. The molecule has 1 aliphatic carbocycles. The summed E-state index contributed by atoms with van der Waals surface area (Å²) in [5, 5.41) is 11.3. The smallest absolute Gasteiger partial charge is 0.319 e. The number of rotatable bonds is 5. The van der Waals surface area contributed by atoms with Crippen molar-refractivity contribution in [2.75, 3.05) is 11.9 Å². The molecule has 1 aromatic carbocycles. The van der Waals surface area contributed by atoms with E-state index in [0.29, 0.717) is 28.8 Å². The van der Waals surface area contributed by atoms with Crippen molar-refractivity contribution in [3.05, 3.63) is 64.0 Å². The van der Waals surface area contributed by atoms with Crippen molar-refractivity contribution in [1.29, 1.82) is 0 Å². The summed E-state index contributed by atoms with van der Waals surface area (Å²) >= 11 is 11.9. The Morgan fingerprint density at radius 1 is 1.07 bits per heavy atom. The van der Waals surface area contributed by atoms with Crippen LogP contribution < -0.4 is 10.6 Å². The number of benzene rings is 1. The topological polar surface area (TPSA) is 71.8 Å². The van der Waals surface area contributed by atoms with Crippen molar-refractivity contribution in [2.45, 2.75) is 32.2 Å². The van der Waals surface area contributed by atoms with Gasteiger partial charge in [-0.1, -0.05) is 23.2 Å². The predicted molar refractivity (Wildman–Crippen MR) is 116 cm³/mol. The molecule has 2 aromatic heterocycles. The van der Waals surface area contributed by atoms with E-state index < -0.39 is 0 Å². The molecule has 150 valence electrons. The van der Waals surface area contributed by atoms with Crippen LogP contribution in [0.3, 0.4) is 0 Å². The second-order valence-electron chi connectivity index (χ2n) is 6.95. The molecule has 4 rings (SSSR count). The fourth-order valence-corrected chi connectivity index (χ4v) is 3.92. The van der Waals surface area contributed by atoms with Gasteiger partial charge in [-0.3, -0.25) is 9.67 Å². The van der Waals surface area contributed by atoms with Crippen LogP contribution in [-0.4, -0.2) is 27.3 Å². The van der Waals surface area contributed by atoms with E-state index in [-0.39, 0.29) is 6.03 Å². The SMILES string of the molecule is O=C(NCCn1nc(-c2ccncc2)c2c1CCCC2)Nc1ccc(Cl)c(Cl)c1. The number of fused-ring (bicyclic) bond motifs is 1. The van der Waals surface area contributed by atoms with Gasteiger partial charge in [-0.2, -0.15) is 5.10 Å². The third kappa shape index (κ3) is 4.54. The minimum Gasteiger partial charge on any atom is -0.336 e. The molecule has 29 heavy (non-hydrogen) atoms. The van der Waals surface area contributed by atoms with Crippen molar-refractivity contribution in [3.63, 3.8) is 0 Å². The number of hydrogen-bond donors (Lipinski definition) is 2. The van der Waals surface area contributed by atoms with E-state index >= 15 is 0 Å². The fraction of sp³-hybridized carbons (Fsp3) is 0.286. The molecule has 0 saturated heterocycles. The molecule has 0 unspecified atom stereocenters. The second kappa shape index (κ2) is 8.84. The third-order valence-corrected chi connectivity index (χ3v) is 5.74. The van der Waals surface area contributed by atoms with E-state index in [2.05, 4.69) is 15.6 Å². The van der Waals surface area contributed by atoms with Crippen LogP contribution in [0.2, 0.25) is 10.0 Å². The molecule has 0 fully saturated rings. The van der Waals surface area contributed by atoms with Crippen LogP contribution in [0, 0.1) is 0 Å². The zero-order valence-corrected chi connectivity index (χ0v) is 17.3. The quantitative estimate of drug-likeness (QED) is 0.602. The van der Waals surface area contributed by atoms with Gasteiger partial charge in [-0.15, -0.1) is 0 Å². The number of aromatic nitrogens is 3. The van der Waals surface area contributed by atoms with Gasteiger partial charge in [0.15, 0.2) is 0 Å². The highest BCUT2D eigenvalue weighted by Crippen LogP contribution is 2.31. The lowest BCUT2D eigenvalue weighted by molar-refractivity contribution is 0.251. The monoisotopic (exact) mass is 429 g/mol. The molecular formula is C21H21Cl2N5O. The minimum atomic E-state index is -0.293. The molecule has 1 aliphatic rings. The minimum absolute atomic E-state index is 0.293. The Morgan fingerprint density at radius 2 is 1.86 bits per heavy atom. The van der Waals surface area contributed by atoms with Crippen LogP contribution in [0.5, 0.6) is 0 Å². The van der Waals surface area contributed by atoms with Crippen molar-refractivity contribution < 1.29 is 4.79 Å². The van der Waals surface area contributed by atoms with Gasteiger partial charge in [0.1, 0.15) is 0 Å². The van der Waals surface area contributed by atoms with Gasteiger partial charge in [0, 0.05) is 41.4 Å². The summed E-state index contributed by atoms with van der Waals surface area (Å²) in [7, 11) is 0. The zero-order chi connectivity index (χ0) is 20.2. The number of nitrogens with zero attached hydrogens (tertiary/aromatic N) is 3. The van der Waals surface area contributed by atoms with E-state index in [1.807, 2.05) is 16.8 Å². The lowest BCUT2D eigenvalue weighted by Crippen LogP contribution is -2.32. The average Bonchev–Trinajstić information content (AvgIpc) is 3.10. The molecule has 2 heterocycles. The first kappa shape index (κ1) is 19.7. The van der Waals surface area contributed by atoms with E-state index in [9.17, 15) is 4.79 Å². The van der Waals surface area contributed by atoms with E-state index in [1.165, 1.54) is 24.1 Å². The summed E-state index contributed by atoms with van der Waals surface area (Å²) in [6.45, 7) is 1.08. The lowest BCUT2D eigenvalue weighted by Gasteiger charge is -2.14. The number of pyridine rings is 1. The molecule has 6 nitrogen and oxygen atoms in total. The fourth-order valence-electron chi connectivity index (χ4n) is 3.62. The number of halogens is 2. The van der Waals surface area contributed by atoms with Gasteiger partial charge in [0.2, 0.25) is 0 Å². The molecule has 2 N–H and O–H groups in total. The first-order valence-corrected chi connectivity index (χ1v) is 10.4. The molecule has 2 amide bonds. The van der Waals surface area contributed by atoms with Gasteiger partial charge in [0.25, 0.3) is 0 Å². The highest BCUT2D eigenvalue weighted by Gasteiger charge is 2.21. The molecule has 0 aliphatic heterocycles. The van der Waals surface area contributed by atoms with Gasteiger partial charge >= 0.3 is 6.03 Å². The maximum absolute atomic E-state index is 12.2. The maximum Gasteiger partial charge on any atom is 0.319 e.